The van der Waals surface area contributed by atoms with Crippen LogP contribution >= 0.6 is 0 Å². The molecule has 0 spiro atoms. The first kappa shape index (κ1) is 39.9. The topological polar surface area (TPSA) is 357 Å². The summed E-state index contributed by atoms with van der Waals surface area (Å²) in [4.78, 5) is 0. The highest BCUT2D eigenvalue weighted by Gasteiger charge is 2.52. The van der Waals surface area contributed by atoms with Gasteiger partial charge >= 0.3 is 0 Å². The Bertz CT molecular complexity index is 885. The summed E-state index contributed by atoms with van der Waals surface area (Å²) in [7, 11) is 0. The Morgan fingerprint density at radius 1 is 0.333 bits per heavy atom. The van der Waals surface area contributed by atoms with Gasteiger partial charge in [-0.1, -0.05) is 0 Å². The van der Waals surface area contributed by atoms with Crippen molar-refractivity contribution in [3.63, 3.8) is 0 Å². The molecule has 20 atom stereocenters. The third kappa shape index (κ3) is 8.42. The maximum absolute atomic E-state index is 10.7. The van der Waals surface area contributed by atoms with Crippen LogP contribution in [0, 0.1) is 0 Å². The fourth-order valence-electron chi connectivity index (χ4n) is 5.71. The first-order chi connectivity index (χ1) is 22.8. The molecular formula is C26H46O22. The van der Waals surface area contributed by atoms with E-state index in [4.69, 9.17) is 37.9 Å². The number of hydrogen-bond donors (Lipinski definition) is 14. The highest BCUT2D eigenvalue weighted by molar-refractivity contribution is 4.95. The van der Waals surface area contributed by atoms with Crippen molar-refractivity contribution in [2.45, 2.75) is 123 Å². The van der Waals surface area contributed by atoms with Crippen molar-refractivity contribution < 1.29 is 109 Å². The van der Waals surface area contributed by atoms with Crippen molar-refractivity contribution in [3.8, 4) is 0 Å². The second kappa shape index (κ2) is 17.6. The number of aliphatic hydroxyl groups is 14. The van der Waals surface area contributed by atoms with Gasteiger partial charge in [-0.05, 0) is 0 Å². The van der Waals surface area contributed by atoms with Gasteiger partial charge in [0.2, 0.25) is 0 Å². The van der Waals surface area contributed by atoms with Crippen LogP contribution in [0.2, 0.25) is 0 Å². The van der Waals surface area contributed by atoms with Crippen molar-refractivity contribution in [2.75, 3.05) is 39.6 Å². The molecule has 4 aliphatic rings. The lowest BCUT2D eigenvalue weighted by Gasteiger charge is -2.46. The van der Waals surface area contributed by atoms with E-state index in [1.54, 1.807) is 0 Å². The Labute approximate surface area is 272 Å². The maximum Gasteiger partial charge on any atom is 0.187 e. The SMILES string of the molecule is OC[C@H]1O[C@H](O[C@H]2[C@H](O)[C@@H](O)[C@@H](OCCO[C@H]3O[C@H](CO)[C@@H](O[C@H]4O[C@H](CO)[C@@H](O)[C@H](O)[C@H]4O)[C@H](O)[C@H]3O)O[C@@H]2CO)[C@H](O)[C@@H](O)[C@@H]1O. The van der Waals surface area contributed by atoms with Gasteiger partial charge in [0.15, 0.2) is 25.2 Å². The van der Waals surface area contributed by atoms with E-state index < -0.39 is 162 Å². The molecule has 4 fully saturated rings. The van der Waals surface area contributed by atoms with E-state index in [2.05, 4.69) is 0 Å². The summed E-state index contributed by atoms with van der Waals surface area (Å²) in [6.07, 6.45) is -33.0. The Balaban J connectivity index is 1.28. The van der Waals surface area contributed by atoms with Crippen LogP contribution in [0.5, 0.6) is 0 Å². The van der Waals surface area contributed by atoms with Crippen molar-refractivity contribution in [2.24, 2.45) is 0 Å². The second-order valence-corrected chi connectivity index (χ2v) is 11.8. The number of aliphatic hydroxyl groups excluding tert-OH is 14. The van der Waals surface area contributed by atoms with Gasteiger partial charge in [-0.3, -0.25) is 0 Å². The molecule has 282 valence electrons. The number of rotatable bonds is 13. The normalized spacial score (nSPS) is 50.4. The smallest absolute Gasteiger partial charge is 0.187 e. The first-order valence-electron chi connectivity index (χ1n) is 15.2. The molecule has 0 aromatic heterocycles. The zero-order valence-electron chi connectivity index (χ0n) is 25.3. The van der Waals surface area contributed by atoms with Gasteiger partial charge in [0.05, 0.1) is 39.6 Å². The van der Waals surface area contributed by atoms with Crippen molar-refractivity contribution >= 4 is 0 Å². The van der Waals surface area contributed by atoms with E-state index in [0.717, 1.165) is 0 Å². The lowest BCUT2D eigenvalue weighted by Crippen LogP contribution is -2.65. The summed E-state index contributed by atoms with van der Waals surface area (Å²) >= 11 is 0. The lowest BCUT2D eigenvalue weighted by molar-refractivity contribution is -0.365. The highest BCUT2D eigenvalue weighted by Crippen LogP contribution is 2.31. The molecular weight excluding hydrogens is 664 g/mol. The minimum absolute atomic E-state index is 0.401. The van der Waals surface area contributed by atoms with E-state index in [9.17, 15) is 71.5 Å². The fourth-order valence-corrected chi connectivity index (χ4v) is 5.71. The molecule has 4 saturated heterocycles. The Morgan fingerprint density at radius 2 is 0.625 bits per heavy atom. The van der Waals surface area contributed by atoms with Gasteiger partial charge in [0, 0.05) is 0 Å². The summed E-state index contributed by atoms with van der Waals surface area (Å²) in [6.45, 7) is -3.90. The van der Waals surface area contributed by atoms with Crippen molar-refractivity contribution in [1.82, 2.24) is 0 Å². The number of ether oxygens (including phenoxy) is 8. The third-order valence-electron chi connectivity index (χ3n) is 8.57. The average Bonchev–Trinajstić information content (AvgIpc) is 3.08. The Morgan fingerprint density at radius 3 is 0.938 bits per heavy atom. The van der Waals surface area contributed by atoms with Crippen LogP contribution in [-0.2, 0) is 37.9 Å². The molecule has 48 heavy (non-hydrogen) atoms. The Hall–Kier alpha value is -0.880. The Kier molecular flexibility index (Phi) is 14.6. The van der Waals surface area contributed by atoms with E-state index in [0.29, 0.717) is 0 Å². The minimum atomic E-state index is -1.84. The summed E-state index contributed by atoms with van der Waals surface area (Å²) in [5, 5.41) is 141. The molecule has 0 aromatic carbocycles. The van der Waals surface area contributed by atoms with Gasteiger partial charge in [-0.2, -0.15) is 0 Å². The van der Waals surface area contributed by atoms with Crippen LogP contribution < -0.4 is 0 Å². The van der Waals surface area contributed by atoms with Gasteiger partial charge < -0.3 is 109 Å². The lowest BCUT2D eigenvalue weighted by atomic mass is 9.97. The zero-order valence-corrected chi connectivity index (χ0v) is 25.3. The number of hydrogen-bond acceptors (Lipinski definition) is 22. The molecule has 0 amide bonds. The van der Waals surface area contributed by atoms with E-state index in [1.807, 2.05) is 0 Å². The molecule has 4 heterocycles. The van der Waals surface area contributed by atoms with Gasteiger partial charge in [0.25, 0.3) is 0 Å². The molecule has 0 radical (unpaired) electrons. The fraction of sp³-hybridized carbons (Fsp3) is 1.00. The van der Waals surface area contributed by atoms with Gasteiger partial charge in [-0.15, -0.1) is 0 Å². The second-order valence-electron chi connectivity index (χ2n) is 11.8. The molecule has 22 heteroatoms. The van der Waals surface area contributed by atoms with Gasteiger partial charge in [-0.25, -0.2) is 0 Å². The monoisotopic (exact) mass is 710 g/mol. The molecule has 0 aromatic rings. The summed E-state index contributed by atoms with van der Waals surface area (Å²) < 4.78 is 43.2. The van der Waals surface area contributed by atoms with Gasteiger partial charge in [0.1, 0.15) is 97.7 Å². The van der Waals surface area contributed by atoms with E-state index >= 15 is 0 Å². The molecule has 0 aliphatic carbocycles. The predicted molar refractivity (Wildman–Crippen MR) is 145 cm³/mol. The third-order valence-corrected chi connectivity index (χ3v) is 8.57. The van der Waals surface area contributed by atoms with Crippen molar-refractivity contribution in [3.05, 3.63) is 0 Å². The predicted octanol–water partition coefficient (Wildman–Crippen LogP) is -9.73. The molecule has 4 aliphatic heterocycles. The van der Waals surface area contributed by atoms with Crippen LogP contribution in [0.1, 0.15) is 0 Å². The minimum Gasteiger partial charge on any atom is -0.394 e. The average molecular weight is 711 g/mol. The highest BCUT2D eigenvalue weighted by atomic mass is 16.8. The summed E-state index contributed by atoms with van der Waals surface area (Å²) in [6, 6.07) is 0. The van der Waals surface area contributed by atoms with Crippen molar-refractivity contribution in [1.29, 1.82) is 0 Å². The van der Waals surface area contributed by atoms with Crippen LogP contribution in [-0.4, -0.2) is 234 Å². The molecule has 4 rings (SSSR count). The molecule has 22 nitrogen and oxygen atoms in total. The molecule has 14 N–H and O–H groups in total. The zero-order chi connectivity index (χ0) is 35.4. The summed E-state index contributed by atoms with van der Waals surface area (Å²) in [5.41, 5.74) is 0. The van der Waals surface area contributed by atoms with E-state index in [-0.39, 0.29) is 0 Å². The quantitative estimate of drug-likeness (QED) is 0.0789. The maximum atomic E-state index is 10.7. The standard InChI is InChI=1S/C26H46O22/c27-3-7-11(31)13(33)17(37)25(43-7)47-21-9(5-29)45-23(19(39)15(21)35)41-1-2-42-24-20(40)16(36)22(10(6-30)46-24)48-26-18(38)14(34)12(32)8(4-28)44-26/h7-40H,1-6H2/t7-,8-,9-,10-,11-,12-,13+,14+,15-,16-,17-,18-,19-,20-,21-,22-,23+,24+,25-,26-/m1/s1. The summed E-state index contributed by atoms with van der Waals surface area (Å²) in [5.74, 6) is 0. The molecule has 0 unspecified atom stereocenters. The van der Waals surface area contributed by atoms with E-state index in [1.165, 1.54) is 0 Å². The van der Waals surface area contributed by atoms with Crippen LogP contribution in [0.25, 0.3) is 0 Å². The van der Waals surface area contributed by atoms with Crippen LogP contribution in [0.15, 0.2) is 0 Å². The molecule has 0 bridgehead atoms. The first-order valence-corrected chi connectivity index (χ1v) is 15.2. The van der Waals surface area contributed by atoms with Crippen LogP contribution in [0.3, 0.4) is 0 Å². The molecule has 0 saturated carbocycles. The van der Waals surface area contributed by atoms with Crippen LogP contribution in [0.4, 0.5) is 0 Å². The largest absolute Gasteiger partial charge is 0.394 e.